The van der Waals surface area contributed by atoms with Gasteiger partial charge < -0.3 is 4.90 Å². The Morgan fingerprint density at radius 3 is 2.29 bits per heavy atom. The molecule has 0 bridgehead atoms. The Hall–Kier alpha value is -0.470. The Balaban J connectivity index is 2.05. The summed E-state index contributed by atoms with van der Waals surface area (Å²) < 4.78 is 0. The third-order valence-electron chi connectivity index (χ3n) is 3.08. The molecular weight excluding hydrogens is 190 g/mol. The summed E-state index contributed by atoms with van der Waals surface area (Å²) in [5, 5.41) is 0. The number of likely N-dealkylation sites (tertiary alicyclic amines) is 1. The van der Waals surface area contributed by atoms with E-state index < -0.39 is 0 Å². The number of piperidine rings is 1. The molecule has 1 aliphatic rings. The summed E-state index contributed by atoms with van der Waals surface area (Å²) in [7, 11) is 2.20. The van der Waals surface area contributed by atoms with Crippen molar-refractivity contribution in [2.24, 2.45) is 0 Å². The maximum absolute atomic E-state index is 4.30. The molecule has 1 fully saturated rings. The molecule has 14 heavy (non-hydrogen) atoms. The predicted molar refractivity (Wildman–Crippen MR) is 63.2 cm³/mol. The summed E-state index contributed by atoms with van der Waals surface area (Å²) in [5.41, 5.74) is 1.48. The molecular formula is C12H17NS. The van der Waals surface area contributed by atoms with E-state index in [0.717, 1.165) is 10.8 Å². The average Bonchev–Trinajstić information content (AvgIpc) is 2.21. The summed E-state index contributed by atoms with van der Waals surface area (Å²) in [5.74, 6) is 0.764. The van der Waals surface area contributed by atoms with Crippen LogP contribution in [0.3, 0.4) is 0 Å². The quantitative estimate of drug-likeness (QED) is 0.693. The van der Waals surface area contributed by atoms with Crippen molar-refractivity contribution in [2.45, 2.75) is 23.7 Å². The molecule has 0 atom stereocenters. The van der Waals surface area contributed by atoms with E-state index in [4.69, 9.17) is 0 Å². The lowest BCUT2D eigenvalue weighted by molar-refractivity contribution is 0.255. The van der Waals surface area contributed by atoms with Crippen molar-refractivity contribution in [1.82, 2.24) is 4.90 Å². The molecule has 1 nitrogen and oxygen atoms in total. The van der Waals surface area contributed by atoms with Gasteiger partial charge in [-0.05, 0) is 56.6 Å². The van der Waals surface area contributed by atoms with Gasteiger partial charge in [-0.15, -0.1) is 12.6 Å². The lowest BCUT2D eigenvalue weighted by atomic mass is 9.90. The van der Waals surface area contributed by atoms with Gasteiger partial charge in [0.25, 0.3) is 0 Å². The summed E-state index contributed by atoms with van der Waals surface area (Å²) in [6.07, 6.45) is 2.59. The number of rotatable bonds is 1. The van der Waals surface area contributed by atoms with Crippen LogP contribution in [0, 0.1) is 0 Å². The van der Waals surface area contributed by atoms with Gasteiger partial charge >= 0.3 is 0 Å². The molecule has 0 aromatic heterocycles. The highest BCUT2D eigenvalue weighted by atomic mass is 32.1. The second-order valence-electron chi connectivity index (χ2n) is 4.17. The van der Waals surface area contributed by atoms with Crippen LogP contribution in [-0.2, 0) is 0 Å². The fraction of sp³-hybridized carbons (Fsp3) is 0.500. The second kappa shape index (κ2) is 4.37. The Bertz CT molecular complexity index is 286. The van der Waals surface area contributed by atoms with E-state index >= 15 is 0 Å². The number of nitrogens with zero attached hydrogens (tertiary/aromatic N) is 1. The molecule has 0 spiro atoms. The molecule has 1 aromatic rings. The van der Waals surface area contributed by atoms with Gasteiger partial charge in [-0.3, -0.25) is 0 Å². The smallest absolute Gasteiger partial charge is 0.00401 e. The molecule has 1 aromatic carbocycles. The van der Waals surface area contributed by atoms with Gasteiger partial charge in [0, 0.05) is 4.90 Å². The first-order chi connectivity index (χ1) is 6.75. The highest BCUT2D eigenvalue weighted by Crippen LogP contribution is 2.27. The van der Waals surface area contributed by atoms with Crippen LogP contribution >= 0.6 is 12.6 Å². The van der Waals surface area contributed by atoms with Gasteiger partial charge in [0.2, 0.25) is 0 Å². The normalized spacial score (nSPS) is 19.9. The minimum absolute atomic E-state index is 0.764. The van der Waals surface area contributed by atoms with Crippen molar-refractivity contribution >= 4 is 12.6 Å². The zero-order chi connectivity index (χ0) is 9.97. The Kier molecular flexibility index (Phi) is 3.14. The fourth-order valence-corrected chi connectivity index (χ4v) is 2.24. The maximum Gasteiger partial charge on any atom is 0.00401 e. The highest BCUT2D eigenvalue weighted by molar-refractivity contribution is 7.80. The van der Waals surface area contributed by atoms with Crippen LogP contribution in [0.1, 0.15) is 24.3 Å². The van der Waals surface area contributed by atoms with Crippen LogP contribution in [-0.4, -0.2) is 25.0 Å². The van der Waals surface area contributed by atoms with E-state index in [1.807, 2.05) is 0 Å². The predicted octanol–water partition coefficient (Wildman–Crippen LogP) is 2.78. The third-order valence-corrected chi connectivity index (χ3v) is 3.38. The van der Waals surface area contributed by atoms with E-state index in [9.17, 15) is 0 Å². The zero-order valence-electron chi connectivity index (χ0n) is 8.61. The minimum atomic E-state index is 0.764. The third kappa shape index (κ3) is 2.31. The Labute approximate surface area is 91.5 Å². The monoisotopic (exact) mass is 207 g/mol. The van der Waals surface area contributed by atoms with E-state index in [1.165, 1.54) is 31.5 Å². The SMILES string of the molecule is CN1CCC(c2ccc(S)cc2)CC1. The number of thiol groups is 1. The standard InChI is InChI=1S/C12H17NS/c1-13-8-6-11(7-9-13)10-2-4-12(14)5-3-10/h2-5,11,14H,6-9H2,1H3. The van der Waals surface area contributed by atoms with Gasteiger partial charge in [0.1, 0.15) is 0 Å². The van der Waals surface area contributed by atoms with E-state index in [2.05, 4.69) is 48.8 Å². The Morgan fingerprint density at radius 2 is 1.71 bits per heavy atom. The van der Waals surface area contributed by atoms with Crippen molar-refractivity contribution < 1.29 is 0 Å². The molecule has 2 rings (SSSR count). The summed E-state index contributed by atoms with van der Waals surface area (Å²) >= 11 is 4.30. The van der Waals surface area contributed by atoms with Gasteiger partial charge in [0.15, 0.2) is 0 Å². The molecule has 0 N–H and O–H groups in total. The molecule has 76 valence electrons. The van der Waals surface area contributed by atoms with Crippen molar-refractivity contribution in [3.63, 3.8) is 0 Å². The number of hydrogen-bond acceptors (Lipinski definition) is 2. The fourth-order valence-electron chi connectivity index (χ4n) is 2.09. The van der Waals surface area contributed by atoms with Crippen LogP contribution < -0.4 is 0 Å². The second-order valence-corrected chi connectivity index (χ2v) is 4.69. The topological polar surface area (TPSA) is 3.24 Å². The lowest BCUT2D eigenvalue weighted by Gasteiger charge is -2.29. The molecule has 1 aliphatic heterocycles. The summed E-state index contributed by atoms with van der Waals surface area (Å²) in [6, 6.07) is 8.63. The van der Waals surface area contributed by atoms with Crippen LogP contribution in [0.5, 0.6) is 0 Å². The molecule has 0 unspecified atom stereocenters. The van der Waals surface area contributed by atoms with Gasteiger partial charge in [-0.25, -0.2) is 0 Å². The van der Waals surface area contributed by atoms with Gasteiger partial charge in [-0.1, -0.05) is 12.1 Å². The first kappa shape index (κ1) is 10.1. The first-order valence-corrected chi connectivity index (χ1v) is 5.68. The van der Waals surface area contributed by atoms with Crippen molar-refractivity contribution in [2.75, 3.05) is 20.1 Å². The highest BCUT2D eigenvalue weighted by Gasteiger charge is 2.17. The van der Waals surface area contributed by atoms with Crippen LogP contribution in [0.2, 0.25) is 0 Å². The van der Waals surface area contributed by atoms with E-state index in [0.29, 0.717) is 0 Å². The Morgan fingerprint density at radius 1 is 1.14 bits per heavy atom. The minimum Gasteiger partial charge on any atom is -0.306 e. The van der Waals surface area contributed by atoms with Crippen molar-refractivity contribution in [1.29, 1.82) is 0 Å². The largest absolute Gasteiger partial charge is 0.306 e. The molecule has 1 saturated heterocycles. The summed E-state index contributed by atoms with van der Waals surface area (Å²) in [4.78, 5) is 3.46. The van der Waals surface area contributed by atoms with Crippen LogP contribution in [0.25, 0.3) is 0 Å². The molecule has 0 amide bonds. The van der Waals surface area contributed by atoms with Crippen molar-refractivity contribution in [3.8, 4) is 0 Å². The van der Waals surface area contributed by atoms with E-state index in [1.54, 1.807) is 0 Å². The van der Waals surface area contributed by atoms with Crippen molar-refractivity contribution in [3.05, 3.63) is 29.8 Å². The molecule has 1 heterocycles. The summed E-state index contributed by atoms with van der Waals surface area (Å²) in [6.45, 7) is 2.46. The van der Waals surface area contributed by atoms with E-state index in [-0.39, 0.29) is 0 Å². The molecule has 0 radical (unpaired) electrons. The molecule has 2 heteroatoms. The number of benzene rings is 1. The van der Waals surface area contributed by atoms with Gasteiger partial charge in [0.05, 0.1) is 0 Å². The van der Waals surface area contributed by atoms with Gasteiger partial charge in [-0.2, -0.15) is 0 Å². The first-order valence-electron chi connectivity index (χ1n) is 5.23. The zero-order valence-corrected chi connectivity index (χ0v) is 9.50. The van der Waals surface area contributed by atoms with Crippen LogP contribution in [0.4, 0.5) is 0 Å². The average molecular weight is 207 g/mol. The maximum atomic E-state index is 4.30. The molecule has 0 aliphatic carbocycles. The lowest BCUT2D eigenvalue weighted by Crippen LogP contribution is -2.29. The van der Waals surface area contributed by atoms with Crippen LogP contribution in [0.15, 0.2) is 29.2 Å². The molecule has 0 saturated carbocycles. The number of hydrogen-bond donors (Lipinski definition) is 1.